The molecule has 1 aliphatic rings. The average molecular weight is 407 g/mol. The number of benzene rings is 2. The zero-order chi connectivity index (χ0) is 21.1. The van der Waals surface area contributed by atoms with Crippen LogP contribution in [0.25, 0.3) is 10.8 Å². The van der Waals surface area contributed by atoms with Crippen LogP contribution in [0.3, 0.4) is 0 Å². The smallest absolute Gasteiger partial charge is 0.274 e. The van der Waals surface area contributed by atoms with Crippen molar-refractivity contribution in [2.75, 3.05) is 32.8 Å². The SMILES string of the molecule is Cc1ccc([C@H](C[NH+]2CCOCC2)NC(=O)c2nn(C)c(=O)c3ccccc23)cc1. The highest BCUT2D eigenvalue weighted by Gasteiger charge is 2.25. The summed E-state index contributed by atoms with van der Waals surface area (Å²) >= 11 is 0. The highest BCUT2D eigenvalue weighted by Crippen LogP contribution is 2.17. The Balaban J connectivity index is 1.66. The van der Waals surface area contributed by atoms with E-state index in [0.717, 1.165) is 38.4 Å². The molecule has 1 atom stereocenters. The van der Waals surface area contributed by atoms with Crippen LogP contribution in [0.1, 0.15) is 27.7 Å². The normalized spacial score (nSPS) is 15.8. The van der Waals surface area contributed by atoms with Gasteiger partial charge in [0.1, 0.15) is 25.7 Å². The van der Waals surface area contributed by atoms with Crippen LogP contribution in [-0.4, -0.2) is 48.5 Å². The van der Waals surface area contributed by atoms with Gasteiger partial charge >= 0.3 is 0 Å². The predicted molar refractivity (Wildman–Crippen MR) is 115 cm³/mol. The number of carbonyl (C=O) groups excluding carboxylic acids is 1. The van der Waals surface area contributed by atoms with Crippen LogP contribution >= 0.6 is 0 Å². The molecule has 1 fully saturated rings. The quantitative estimate of drug-likeness (QED) is 0.650. The summed E-state index contributed by atoms with van der Waals surface area (Å²) in [5.74, 6) is -0.278. The third-order valence-electron chi connectivity index (χ3n) is 5.65. The molecule has 2 aromatic carbocycles. The summed E-state index contributed by atoms with van der Waals surface area (Å²) in [6.07, 6.45) is 0. The number of amides is 1. The monoisotopic (exact) mass is 407 g/mol. The van der Waals surface area contributed by atoms with Gasteiger partial charge in [-0.3, -0.25) is 9.59 Å². The van der Waals surface area contributed by atoms with Crippen molar-refractivity contribution in [3.05, 3.63) is 75.7 Å². The van der Waals surface area contributed by atoms with E-state index in [0.29, 0.717) is 10.8 Å². The van der Waals surface area contributed by atoms with Gasteiger partial charge in [-0.25, -0.2) is 4.68 Å². The molecule has 0 spiro atoms. The second-order valence-corrected chi connectivity index (χ2v) is 7.83. The van der Waals surface area contributed by atoms with E-state index in [4.69, 9.17) is 4.74 Å². The lowest BCUT2D eigenvalue weighted by atomic mass is 10.0. The van der Waals surface area contributed by atoms with Crippen LogP contribution in [0.4, 0.5) is 0 Å². The molecule has 156 valence electrons. The molecule has 2 heterocycles. The van der Waals surface area contributed by atoms with Gasteiger partial charge in [0.15, 0.2) is 5.69 Å². The summed E-state index contributed by atoms with van der Waals surface area (Å²) in [4.78, 5) is 27.1. The van der Waals surface area contributed by atoms with Crippen LogP contribution in [0.5, 0.6) is 0 Å². The number of fused-ring (bicyclic) bond motifs is 1. The molecule has 1 aliphatic heterocycles. The summed E-state index contributed by atoms with van der Waals surface area (Å²) in [5.41, 5.74) is 2.28. The third-order valence-corrected chi connectivity index (χ3v) is 5.65. The minimum absolute atomic E-state index is 0.163. The second-order valence-electron chi connectivity index (χ2n) is 7.83. The van der Waals surface area contributed by atoms with Crippen molar-refractivity contribution in [2.24, 2.45) is 7.05 Å². The van der Waals surface area contributed by atoms with E-state index in [1.807, 2.05) is 13.0 Å². The second kappa shape index (κ2) is 8.77. The van der Waals surface area contributed by atoms with Gasteiger partial charge < -0.3 is 15.0 Å². The molecular formula is C23H27N4O3+. The van der Waals surface area contributed by atoms with Crippen LogP contribution in [-0.2, 0) is 11.8 Å². The zero-order valence-electron chi connectivity index (χ0n) is 17.4. The van der Waals surface area contributed by atoms with Gasteiger partial charge in [-0.05, 0) is 18.6 Å². The fourth-order valence-electron chi connectivity index (χ4n) is 3.90. The molecule has 7 heteroatoms. The number of ether oxygens (including phenoxy) is 1. The standard InChI is InChI=1S/C23H26N4O3/c1-16-7-9-17(10-8-16)20(15-27-11-13-30-14-12-27)24-22(28)21-18-5-3-4-6-19(18)23(29)26(2)25-21/h3-10,20H,11-15H2,1-2H3,(H,24,28)/p+1/t20-/m0/s1. The molecule has 0 unspecified atom stereocenters. The fourth-order valence-corrected chi connectivity index (χ4v) is 3.90. The zero-order valence-corrected chi connectivity index (χ0v) is 17.4. The van der Waals surface area contributed by atoms with E-state index >= 15 is 0 Å². The topological polar surface area (TPSA) is 77.7 Å². The molecule has 0 radical (unpaired) electrons. The van der Waals surface area contributed by atoms with Gasteiger partial charge in [-0.1, -0.05) is 48.0 Å². The molecule has 7 nitrogen and oxygen atoms in total. The number of nitrogens with zero attached hydrogens (tertiary/aromatic N) is 2. The Morgan fingerprint density at radius 2 is 1.80 bits per heavy atom. The Hall–Kier alpha value is -3.03. The number of aryl methyl sites for hydroxylation is 2. The third kappa shape index (κ3) is 4.27. The minimum Gasteiger partial charge on any atom is -0.370 e. The first-order chi connectivity index (χ1) is 14.5. The number of quaternary nitrogens is 1. The molecule has 2 N–H and O–H groups in total. The molecule has 0 bridgehead atoms. The first kappa shape index (κ1) is 20.3. The molecule has 1 amide bonds. The number of aromatic nitrogens is 2. The molecule has 1 saturated heterocycles. The number of nitrogens with one attached hydrogen (secondary N) is 2. The summed E-state index contributed by atoms with van der Waals surface area (Å²) in [5, 5.41) is 8.51. The number of hydrogen-bond acceptors (Lipinski definition) is 4. The molecule has 1 aromatic heterocycles. The number of morpholine rings is 1. The maximum Gasteiger partial charge on any atom is 0.274 e. The van der Waals surface area contributed by atoms with Crippen molar-refractivity contribution in [3.8, 4) is 0 Å². The van der Waals surface area contributed by atoms with E-state index in [1.165, 1.54) is 15.1 Å². The molecular weight excluding hydrogens is 380 g/mol. The fraction of sp³-hybridized carbons (Fsp3) is 0.348. The molecule has 0 saturated carbocycles. The number of rotatable bonds is 5. The molecule has 3 aromatic rings. The highest BCUT2D eigenvalue weighted by molar-refractivity contribution is 6.04. The van der Waals surface area contributed by atoms with E-state index in [1.54, 1.807) is 25.2 Å². The van der Waals surface area contributed by atoms with Gasteiger partial charge in [0, 0.05) is 12.4 Å². The number of carbonyl (C=O) groups is 1. The summed E-state index contributed by atoms with van der Waals surface area (Å²) in [6.45, 7) is 6.11. The van der Waals surface area contributed by atoms with E-state index in [2.05, 4.69) is 34.7 Å². The molecule has 0 aliphatic carbocycles. The number of hydrogen-bond donors (Lipinski definition) is 2. The van der Waals surface area contributed by atoms with Crippen molar-refractivity contribution in [3.63, 3.8) is 0 Å². The van der Waals surface area contributed by atoms with Gasteiger partial charge in [0.05, 0.1) is 18.6 Å². The summed E-state index contributed by atoms with van der Waals surface area (Å²) < 4.78 is 6.70. The lowest BCUT2D eigenvalue weighted by Crippen LogP contribution is -3.14. The Bertz CT molecular complexity index is 1100. The first-order valence-electron chi connectivity index (χ1n) is 10.3. The summed E-state index contributed by atoms with van der Waals surface area (Å²) in [6, 6.07) is 15.2. The molecule has 4 rings (SSSR count). The Labute approximate surface area is 175 Å². The Morgan fingerprint density at radius 1 is 1.13 bits per heavy atom. The van der Waals surface area contributed by atoms with E-state index in [-0.39, 0.29) is 23.2 Å². The van der Waals surface area contributed by atoms with Gasteiger partial charge in [0.2, 0.25) is 0 Å². The van der Waals surface area contributed by atoms with Crippen molar-refractivity contribution < 1.29 is 14.4 Å². The van der Waals surface area contributed by atoms with E-state index < -0.39 is 0 Å². The van der Waals surface area contributed by atoms with Gasteiger partial charge in [-0.2, -0.15) is 5.10 Å². The van der Waals surface area contributed by atoms with Crippen molar-refractivity contribution in [1.82, 2.24) is 15.1 Å². The van der Waals surface area contributed by atoms with Crippen molar-refractivity contribution in [1.29, 1.82) is 0 Å². The molecule has 30 heavy (non-hydrogen) atoms. The Kier molecular flexibility index (Phi) is 5.92. The largest absolute Gasteiger partial charge is 0.370 e. The van der Waals surface area contributed by atoms with Gasteiger partial charge in [-0.15, -0.1) is 0 Å². The van der Waals surface area contributed by atoms with E-state index in [9.17, 15) is 9.59 Å². The van der Waals surface area contributed by atoms with Crippen LogP contribution < -0.4 is 15.8 Å². The lowest BCUT2D eigenvalue weighted by Gasteiger charge is -2.28. The van der Waals surface area contributed by atoms with Gasteiger partial charge in [0.25, 0.3) is 11.5 Å². The Morgan fingerprint density at radius 3 is 2.50 bits per heavy atom. The minimum atomic E-state index is -0.278. The van der Waals surface area contributed by atoms with Crippen molar-refractivity contribution >= 4 is 16.7 Å². The first-order valence-corrected chi connectivity index (χ1v) is 10.3. The lowest BCUT2D eigenvalue weighted by molar-refractivity contribution is -0.909. The van der Waals surface area contributed by atoms with Crippen molar-refractivity contribution in [2.45, 2.75) is 13.0 Å². The summed E-state index contributed by atoms with van der Waals surface area (Å²) in [7, 11) is 1.57. The predicted octanol–water partition coefficient (Wildman–Crippen LogP) is 0.628. The van der Waals surface area contributed by atoms with Crippen LogP contribution in [0.15, 0.2) is 53.3 Å². The van der Waals surface area contributed by atoms with Crippen LogP contribution in [0.2, 0.25) is 0 Å². The van der Waals surface area contributed by atoms with Crippen LogP contribution in [0, 0.1) is 6.92 Å². The average Bonchev–Trinajstić information content (AvgIpc) is 2.77. The maximum atomic E-state index is 13.3. The highest BCUT2D eigenvalue weighted by atomic mass is 16.5. The maximum absolute atomic E-state index is 13.3.